The minimum atomic E-state index is -0.432. The molecular formula is C27H35N7O4S. The van der Waals surface area contributed by atoms with Gasteiger partial charge in [-0.05, 0) is 57.7 Å². The Balaban J connectivity index is 1.59. The number of carbonyl (C=O) groups excluding carboxylic acids is 2. The van der Waals surface area contributed by atoms with Crippen LogP contribution in [-0.2, 0) is 14.4 Å². The van der Waals surface area contributed by atoms with Crippen molar-refractivity contribution in [1.29, 1.82) is 0 Å². The first-order valence-corrected chi connectivity index (χ1v) is 14.0. The molecule has 4 rings (SSSR count). The highest BCUT2D eigenvalue weighted by Gasteiger charge is 2.41. The lowest BCUT2D eigenvalue weighted by Crippen LogP contribution is -2.45. The van der Waals surface area contributed by atoms with Crippen molar-refractivity contribution in [2.75, 3.05) is 43.6 Å². The number of piperidine rings is 1. The van der Waals surface area contributed by atoms with Gasteiger partial charge in [0, 0.05) is 43.2 Å². The number of oxime groups is 1. The number of urea groups is 1. The number of benzene rings is 1. The normalized spacial score (nSPS) is 15.2. The van der Waals surface area contributed by atoms with Gasteiger partial charge in [0.05, 0.1) is 28.0 Å². The highest BCUT2D eigenvalue weighted by atomic mass is 32.1. The minimum Gasteiger partial charge on any atom is -0.466 e. The van der Waals surface area contributed by atoms with Gasteiger partial charge in [-0.2, -0.15) is 0 Å². The van der Waals surface area contributed by atoms with Gasteiger partial charge in [-0.3, -0.25) is 10.1 Å². The SMILES string of the molecule is CCNC(=O)Nc1nc2cc(-c3cnc(N4CCC(CC)(C(=O)OCC)CC4)nc3)cc(C(C)=NOC)c2s1. The van der Waals surface area contributed by atoms with E-state index in [9.17, 15) is 9.59 Å². The number of hydrogen-bond acceptors (Lipinski definition) is 10. The van der Waals surface area contributed by atoms with E-state index in [-0.39, 0.29) is 12.0 Å². The maximum atomic E-state index is 12.6. The number of nitrogens with zero attached hydrogens (tertiary/aromatic N) is 5. The molecule has 1 saturated heterocycles. The molecule has 0 radical (unpaired) electrons. The second-order valence-corrected chi connectivity index (χ2v) is 10.3. The fourth-order valence-corrected chi connectivity index (χ4v) is 5.77. The van der Waals surface area contributed by atoms with Crippen LogP contribution in [0, 0.1) is 5.41 Å². The molecule has 1 aliphatic heterocycles. The lowest BCUT2D eigenvalue weighted by molar-refractivity contribution is -0.157. The summed E-state index contributed by atoms with van der Waals surface area (Å²) in [4.78, 5) is 45.7. The number of esters is 1. The van der Waals surface area contributed by atoms with Crippen molar-refractivity contribution in [3.8, 4) is 11.1 Å². The first-order valence-electron chi connectivity index (χ1n) is 13.2. The summed E-state index contributed by atoms with van der Waals surface area (Å²) in [5, 5.41) is 10.1. The molecule has 39 heavy (non-hydrogen) atoms. The quantitative estimate of drug-likeness (QED) is 0.219. The zero-order chi connectivity index (χ0) is 28.0. The Morgan fingerprint density at radius 1 is 1.13 bits per heavy atom. The van der Waals surface area contributed by atoms with Crippen LogP contribution in [0.4, 0.5) is 15.9 Å². The molecule has 0 spiro atoms. The molecule has 0 saturated carbocycles. The van der Waals surface area contributed by atoms with E-state index >= 15 is 0 Å². The average Bonchev–Trinajstić information content (AvgIpc) is 3.35. The van der Waals surface area contributed by atoms with E-state index in [0.717, 1.165) is 33.3 Å². The van der Waals surface area contributed by atoms with Gasteiger partial charge < -0.3 is 19.8 Å². The van der Waals surface area contributed by atoms with Crippen LogP contribution in [0.2, 0.25) is 0 Å². The molecule has 3 heterocycles. The Morgan fingerprint density at radius 3 is 2.46 bits per heavy atom. The predicted octanol–water partition coefficient (Wildman–Crippen LogP) is 4.82. The van der Waals surface area contributed by atoms with Crippen molar-refractivity contribution in [2.24, 2.45) is 10.6 Å². The van der Waals surface area contributed by atoms with Gasteiger partial charge in [-0.15, -0.1) is 0 Å². The van der Waals surface area contributed by atoms with Crippen LogP contribution in [0.5, 0.6) is 0 Å². The van der Waals surface area contributed by atoms with E-state index in [0.29, 0.717) is 55.9 Å². The number of aromatic nitrogens is 3. The summed E-state index contributed by atoms with van der Waals surface area (Å²) in [5.41, 5.74) is 3.52. The van der Waals surface area contributed by atoms with Crippen LogP contribution >= 0.6 is 11.3 Å². The standard InChI is InChI=1S/C27H35N7O4S/c1-6-27(23(35)38-8-3)9-11-34(12-10-27)24-29-15-19(16-30-24)18-13-20(17(4)33-37-5)22-21(14-18)31-26(39-22)32-25(36)28-7-2/h13-16H,6-12H2,1-5H3,(H2,28,31,32,36). The molecule has 3 aromatic rings. The van der Waals surface area contributed by atoms with Gasteiger partial charge in [0.1, 0.15) is 7.11 Å². The summed E-state index contributed by atoms with van der Waals surface area (Å²) in [5.74, 6) is 0.529. The summed E-state index contributed by atoms with van der Waals surface area (Å²) in [6.07, 6.45) is 5.77. The van der Waals surface area contributed by atoms with Gasteiger partial charge in [-0.1, -0.05) is 23.4 Å². The topological polar surface area (TPSA) is 131 Å². The molecule has 1 fully saturated rings. The van der Waals surface area contributed by atoms with Crippen LogP contribution in [0.3, 0.4) is 0 Å². The van der Waals surface area contributed by atoms with E-state index < -0.39 is 5.41 Å². The van der Waals surface area contributed by atoms with Gasteiger partial charge >= 0.3 is 12.0 Å². The average molecular weight is 554 g/mol. The van der Waals surface area contributed by atoms with E-state index in [1.165, 1.54) is 18.4 Å². The Morgan fingerprint density at radius 2 is 1.85 bits per heavy atom. The van der Waals surface area contributed by atoms with Gasteiger partial charge in [0.15, 0.2) is 5.13 Å². The van der Waals surface area contributed by atoms with Crippen LogP contribution in [0.1, 0.15) is 52.5 Å². The highest BCUT2D eigenvalue weighted by molar-refractivity contribution is 7.22. The molecule has 11 nitrogen and oxygen atoms in total. The fraction of sp³-hybridized carbons (Fsp3) is 0.481. The zero-order valence-electron chi connectivity index (χ0n) is 23.0. The molecule has 0 atom stereocenters. The van der Waals surface area contributed by atoms with E-state index in [1.807, 2.05) is 39.8 Å². The van der Waals surface area contributed by atoms with Crippen molar-refractivity contribution in [3.63, 3.8) is 0 Å². The summed E-state index contributed by atoms with van der Waals surface area (Å²) in [7, 11) is 1.50. The van der Waals surface area contributed by atoms with Crippen LogP contribution in [-0.4, -0.2) is 66.0 Å². The van der Waals surface area contributed by atoms with Gasteiger partial charge in [-0.25, -0.2) is 19.7 Å². The van der Waals surface area contributed by atoms with Crippen LogP contribution in [0.15, 0.2) is 29.7 Å². The third kappa shape index (κ3) is 6.11. The lowest BCUT2D eigenvalue weighted by atomic mass is 9.76. The molecule has 1 aromatic carbocycles. The lowest BCUT2D eigenvalue weighted by Gasteiger charge is -2.39. The first-order chi connectivity index (χ1) is 18.8. The van der Waals surface area contributed by atoms with Crippen molar-refractivity contribution in [3.05, 3.63) is 30.1 Å². The minimum absolute atomic E-state index is 0.103. The van der Waals surface area contributed by atoms with Crippen molar-refractivity contribution in [2.45, 2.75) is 47.0 Å². The number of rotatable bonds is 9. The molecule has 1 aliphatic rings. The largest absolute Gasteiger partial charge is 0.466 e. The van der Waals surface area contributed by atoms with E-state index in [4.69, 9.17) is 9.57 Å². The Kier molecular flexibility index (Phi) is 8.95. The molecule has 0 unspecified atom stereocenters. The van der Waals surface area contributed by atoms with Gasteiger partial charge in [0.2, 0.25) is 5.95 Å². The number of thiazole rings is 1. The summed E-state index contributed by atoms with van der Waals surface area (Å²) >= 11 is 1.37. The Hall–Kier alpha value is -3.80. The maximum Gasteiger partial charge on any atom is 0.321 e. The monoisotopic (exact) mass is 553 g/mol. The number of amides is 2. The molecular weight excluding hydrogens is 518 g/mol. The number of anilines is 2. The molecule has 12 heteroatoms. The second-order valence-electron chi connectivity index (χ2n) is 9.35. The fourth-order valence-electron chi connectivity index (χ4n) is 4.76. The number of ether oxygens (including phenoxy) is 1. The Bertz CT molecular complexity index is 1350. The van der Waals surface area contributed by atoms with E-state index in [2.05, 4.69) is 35.6 Å². The molecule has 2 aromatic heterocycles. The first kappa shape index (κ1) is 28.2. The Labute approximate surface area is 232 Å². The predicted molar refractivity (Wildman–Crippen MR) is 153 cm³/mol. The maximum absolute atomic E-state index is 12.6. The number of nitrogens with one attached hydrogen (secondary N) is 2. The summed E-state index contributed by atoms with van der Waals surface area (Å²) < 4.78 is 6.24. The van der Waals surface area contributed by atoms with Crippen LogP contribution < -0.4 is 15.5 Å². The zero-order valence-corrected chi connectivity index (χ0v) is 23.9. The second kappa shape index (κ2) is 12.4. The molecule has 0 aliphatic carbocycles. The van der Waals surface area contributed by atoms with Crippen LogP contribution in [0.25, 0.3) is 21.3 Å². The number of hydrogen-bond donors (Lipinski definition) is 2. The summed E-state index contributed by atoms with van der Waals surface area (Å²) in [6, 6.07) is 3.65. The van der Waals surface area contributed by atoms with E-state index in [1.54, 1.807) is 12.4 Å². The highest BCUT2D eigenvalue weighted by Crippen LogP contribution is 2.38. The van der Waals surface area contributed by atoms with Gasteiger partial charge in [0.25, 0.3) is 0 Å². The van der Waals surface area contributed by atoms with Crippen molar-refractivity contribution in [1.82, 2.24) is 20.3 Å². The van der Waals surface area contributed by atoms with Crippen molar-refractivity contribution < 1.29 is 19.2 Å². The number of carbonyl (C=O) groups is 2. The molecule has 2 amide bonds. The number of fused-ring (bicyclic) bond motifs is 1. The summed E-state index contributed by atoms with van der Waals surface area (Å²) in [6.45, 7) is 9.90. The third-order valence-electron chi connectivity index (χ3n) is 7.03. The molecule has 0 bridgehead atoms. The van der Waals surface area contributed by atoms with Crippen molar-refractivity contribution >= 4 is 50.3 Å². The molecule has 2 N–H and O–H groups in total. The smallest absolute Gasteiger partial charge is 0.321 e. The third-order valence-corrected chi connectivity index (χ3v) is 8.05. The molecule has 208 valence electrons.